The monoisotopic (exact) mass is 347 g/mol. The summed E-state index contributed by atoms with van der Waals surface area (Å²) in [5.74, 6) is 1.61. The van der Waals surface area contributed by atoms with Gasteiger partial charge in [0, 0.05) is 37.8 Å². The van der Waals surface area contributed by atoms with Gasteiger partial charge in [-0.1, -0.05) is 6.92 Å². The van der Waals surface area contributed by atoms with Crippen LogP contribution < -0.4 is 10.6 Å². The first-order valence-corrected chi connectivity index (χ1v) is 8.69. The summed E-state index contributed by atoms with van der Waals surface area (Å²) in [6.45, 7) is 6.90. The van der Waals surface area contributed by atoms with Gasteiger partial charge in [0.2, 0.25) is 0 Å². The van der Waals surface area contributed by atoms with E-state index in [0.717, 1.165) is 24.2 Å². The average molecular weight is 347 g/mol. The highest BCUT2D eigenvalue weighted by molar-refractivity contribution is 5.80. The molecule has 7 nitrogen and oxygen atoms in total. The third kappa shape index (κ3) is 5.94. The molecule has 2 rings (SSSR count). The Morgan fingerprint density at radius 3 is 2.92 bits per heavy atom. The molecule has 0 aromatic carbocycles. The van der Waals surface area contributed by atoms with Crippen LogP contribution in [0.1, 0.15) is 38.5 Å². The average Bonchev–Trinajstić information content (AvgIpc) is 3.24. The second kappa shape index (κ2) is 8.71. The molecule has 0 saturated carbocycles. The molecule has 138 valence electrons. The summed E-state index contributed by atoms with van der Waals surface area (Å²) in [7, 11) is 1.83. The zero-order valence-corrected chi connectivity index (χ0v) is 15.5. The maximum Gasteiger partial charge on any atom is 0.191 e. The van der Waals surface area contributed by atoms with Crippen molar-refractivity contribution in [1.82, 2.24) is 20.4 Å². The van der Waals surface area contributed by atoms with Gasteiger partial charge in [0.15, 0.2) is 5.96 Å². The molecule has 2 atom stereocenters. The molecule has 0 aliphatic heterocycles. The first kappa shape index (κ1) is 19.1. The lowest BCUT2D eigenvalue weighted by Crippen LogP contribution is -2.43. The number of rotatable bonds is 8. The molecular formula is C18H29N5O2. The fraction of sp³-hybridized carbons (Fsp3) is 0.556. The minimum atomic E-state index is -1.07. The van der Waals surface area contributed by atoms with E-state index in [-0.39, 0.29) is 6.54 Å². The number of furan rings is 1. The quantitative estimate of drug-likeness (QED) is 0.501. The predicted octanol–water partition coefficient (Wildman–Crippen LogP) is 1.80. The molecule has 7 heteroatoms. The number of guanidine groups is 1. The van der Waals surface area contributed by atoms with Crippen molar-refractivity contribution in [2.75, 3.05) is 13.1 Å². The highest BCUT2D eigenvalue weighted by Gasteiger charge is 2.24. The number of nitrogens with zero attached hydrogens (tertiary/aromatic N) is 3. The second-order valence-corrected chi connectivity index (χ2v) is 6.55. The molecule has 0 fully saturated rings. The molecule has 0 aliphatic carbocycles. The summed E-state index contributed by atoms with van der Waals surface area (Å²) < 4.78 is 7.02. The van der Waals surface area contributed by atoms with E-state index in [0.29, 0.717) is 18.5 Å². The lowest BCUT2D eigenvalue weighted by molar-refractivity contribution is 0.0671. The van der Waals surface area contributed by atoms with Gasteiger partial charge in [-0.2, -0.15) is 5.10 Å². The fourth-order valence-corrected chi connectivity index (χ4v) is 2.27. The van der Waals surface area contributed by atoms with Gasteiger partial charge >= 0.3 is 0 Å². The Balaban J connectivity index is 1.98. The molecule has 2 heterocycles. The number of hydrogen-bond acceptors (Lipinski definition) is 4. The van der Waals surface area contributed by atoms with Crippen LogP contribution in [0.4, 0.5) is 0 Å². The van der Waals surface area contributed by atoms with E-state index in [1.165, 1.54) is 0 Å². The molecule has 25 heavy (non-hydrogen) atoms. The Bertz CT molecular complexity index is 661. The summed E-state index contributed by atoms with van der Waals surface area (Å²) in [4.78, 5) is 4.56. The first-order chi connectivity index (χ1) is 11.9. The largest absolute Gasteiger partial charge is 0.469 e. The Morgan fingerprint density at radius 1 is 1.52 bits per heavy atom. The van der Waals surface area contributed by atoms with Crippen LogP contribution in [0.2, 0.25) is 0 Å². The molecule has 0 amide bonds. The zero-order valence-electron chi connectivity index (χ0n) is 15.5. The van der Waals surface area contributed by atoms with Crippen LogP contribution in [0.3, 0.4) is 0 Å². The van der Waals surface area contributed by atoms with Crippen molar-refractivity contribution >= 4 is 5.96 Å². The number of aryl methyl sites for hydroxylation is 1. The standard InChI is InChI=1S/C18H29N5O2/c1-5-14(2)22-17(19-9-8-16-7-6-10-25-16)20-13-18(3,24)15-11-21-23(4)12-15/h6-7,10-12,14,24H,5,8-9,13H2,1-4H3,(H2,19,20,22). The lowest BCUT2D eigenvalue weighted by atomic mass is 10.0. The van der Waals surface area contributed by atoms with Crippen molar-refractivity contribution in [3.8, 4) is 0 Å². The van der Waals surface area contributed by atoms with Crippen molar-refractivity contribution in [2.45, 2.75) is 45.3 Å². The molecule has 2 aromatic heterocycles. The van der Waals surface area contributed by atoms with Gasteiger partial charge in [-0.3, -0.25) is 4.68 Å². The Hall–Kier alpha value is -2.28. The van der Waals surface area contributed by atoms with Crippen LogP contribution >= 0.6 is 0 Å². The molecule has 0 aliphatic rings. The number of aliphatic imine (C=N–C) groups is 1. The zero-order chi connectivity index (χ0) is 18.3. The molecule has 2 unspecified atom stereocenters. The van der Waals surface area contributed by atoms with Crippen LogP contribution in [0.25, 0.3) is 0 Å². The number of hydrogen-bond donors (Lipinski definition) is 3. The van der Waals surface area contributed by atoms with Gasteiger partial charge < -0.3 is 20.2 Å². The molecule has 3 N–H and O–H groups in total. The van der Waals surface area contributed by atoms with Crippen LogP contribution in [0.5, 0.6) is 0 Å². The predicted molar refractivity (Wildman–Crippen MR) is 98.4 cm³/mol. The summed E-state index contributed by atoms with van der Waals surface area (Å²) in [6, 6.07) is 4.12. The van der Waals surface area contributed by atoms with E-state index in [1.807, 2.05) is 25.4 Å². The molecule has 2 aromatic rings. The van der Waals surface area contributed by atoms with Crippen LogP contribution in [0, 0.1) is 0 Å². The Kier molecular flexibility index (Phi) is 6.64. The van der Waals surface area contributed by atoms with E-state index in [2.05, 4.69) is 34.6 Å². The number of nitrogens with one attached hydrogen (secondary N) is 2. The van der Waals surface area contributed by atoms with E-state index in [4.69, 9.17) is 4.42 Å². The SMILES string of the molecule is CCC(C)NC(=NCC(C)(O)c1cnn(C)c1)NCCc1ccco1. The minimum Gasteiger partial charge on any atom is -0.469 e. The maximum atomic E-state index is 10.7. The lowest BCUT2D eigenvalue weighted by Gasteiger charge is -2.22. The summed E-state index contributed by atoms with van der Waals surface area (Å²) in [6.07, 6.45) is 6.90. The normalized spacial score (nSPS) is 15.6. The summed E-state index contributed by atoms with van der Waals surface area (Å²) in [5, 5.41) is 21.5. The second-order valence-electron chi connectivity index (χ2n) is 6.55. The van der Waals surface area contributed by atoms with E-state index in [9.17, 15) is 5.11 Å². The smallest absolute Gasteiger partial charge is 0.191 e. The van der Waals surface area contributed by atoms with Gasteiger partial charge in [-0.05, 0) is 32.4 Å². The van der Waals surface area contributed by atoms with Crippen molar-refractivity contribution in [2.24, 2.45) is 12.0 Å². The molecule has 0 saturated heterocycles. The van der Waals surface area contributed by atoms with Crippen LogP contribution in [0.15, 0.2) is 40.2 Å². The van der Waals surface area contributed by atoms with E-state index in [1.54, 1.807) is 24.1 Å². The van der Waals surface area contributed by atoms with Crippen molar-refractivity contribution in [1.29, 1.82) is 0 Å². The van der Waals surface area contributed by atoms with Gasteiger partial charge in [0.05, 0.1) is 19.0 Å². The fourth-order valence-electron chi connectivity index (χ4n) is 2.27. The minimum absolute atomic E-state index is 0.241. The first-order valence-electron chi connectivity index (χ1n) is 8.69. The highest BCUT2D eigenvalue weighted by atomic mass is 16.3. The van der Waals surface area contributed by atoms with Gasteiger partial charge in [-0.15, -0.1) is 0 Å². The Morgan fingerprint density at radius 2 is 2.32 bits per heavy atom. The van der Waals surface area contributed by atoms with Gasteiger partial charge in [0.25, 0.3) is 0 Å². The highest BCUT2D eigenvalue weighted by Crippen LogP contribution is 2.19. The van der Waals surface area contributed by atoms with E-state index >= 15 is 0 Å². The van der Waals surface area contributed by atoms with E-state index < -0.39 is 5.60 Å². The Labute approximate surface area is 149 Å². The summed E-state index contributed by atoms with van der Waals surface area (Å²) in [5.41, 5.74) is -0.323. The van der Waals surface area contributed by atoms with Crippen molar-refractivity contribution in [3.63, 3.8) is 0 Å². The van der Waals surface area contributed by atoms with Crippen molar-refractivity contribution < 1.29 is 9.52 Å². The topological polar surface area (TPSA) is 87.6 Å². The summed E-state index contributed by atoms with van der Waals surface area (Å²) >= 11 is 0. The number of aliphatic hydroxyl groups is 1. The molecule has 0 spiro atoms. The number of aromatic nitrogens is 2. The molecule has 0 radical (unpaired) electrons. The molecule has 0 bridgehead atoms. The van der Waals surface area contributed by atoms with Crippen LogP contribution in [-0.4, -0.2) is 40.0 Å². The maximum absolute atomic E-state index is 10.7. The van der Waals surface area contributed by atoms with Gasteiger partial charge in [0.1, 0.15) is 11.4 Å². The van der Waals surface area contributed by atoms with Crippen molar-refractivity contribution in [3.05, 3.63) is 42.1 Å². The third-order valence-corrected chi connectivity index (χ3v) is 4.11. The van der Waals surface area contributed by atoms with Crippen LogP contribution in [-0.2, 0) is 19.1 Å². The third-order valence-electron chi connectivity index (χ3n) is 4.11. The molecular weight excluding hydrogens is 318 g/mol. The van der Waals surface area contributed by atoms with Gasteiger partial charge in [-0.25, -0.2) is 4.99 Å².